The lowest BCUT2D eigenvalue weighted by Gasteiger charge is -2.10. The number of ether oxygens (including phenoxy) is 1. The highest BCUT2D eigenvalue weighted by Crippen LogP contribution is 2.18. The smallest absolute Gasteiger partial charge is 0.255 e. The van der Waals surface area contributed by atoms with Gasteiger partial charge in [0.05, 0.1) is 6.61 Å². The fraction of sp³-hybridized carbons (Fsp3) is 0.133. The molecule has 0 aliphatic rings. The van der Waals surface area contributed by atoms with Gasteiger partial charge < -0.3 is 10.1 Å². The molecule has 0 unspecified atom stereocenters. The maximum absolute atomic E-state index is 12.2. The second-order valence-corrected chi connectivity index (χ2v) is 4.97. The summed E-state index contributed by atoms with van der Waals surface area (Å²) in [6.45, 7) is 0.467. The van der Waals surface area contributed by atoms with Gasteiger partial charge in [0, 0.05) is 28.4 Å². The van der Waals surface area contributed by atoms with E-state index >= 15 is 0 Å². The average Bonchev–Trinajstić information content (AvgIpc) is 2.41. The Balaban J connectivity index is 2.19. The van der Waals surface area contributed by atoms with Crippen molar-refractivity contribution in [1.29, 1.82) is 0 Å². The zero-order valence-electron chi connectivity index (χ0n) is 10.5. The van der Waals surface area contributed by atoms with Gasteiger partial charge >= 0.3 is 0 Å². The molecular formula is C15H14BrNO2. The second-order valence-electron chi connectivity index (χ2n) is 4.05. The van der Waals surface area contributed by atoms with Gasteiger partial charge in [0.25, 0.3) is 5.91 Å². The standard InChI is InChI=1S/C15H14BrNO2/c1-19-10-12-5-2-3-8-14(12)17-15(18)11-6-4-7-13(16)9-11/h2-9H,10H2,1H3,(H,17,18). The molecule has 0 aliphatic carbocycles. The summed E-state index contributed by atoms with van der Waals surface area (Å²) in [5.74, 6) is -0.134. The van der Waals surface area contributed by atoms with Crippen molar-refractivity contribution in [2.45, 2.75) is 6.61 Å². The van der Waals surface area contributed by atoms with Gasteiger partial charge in [0.15, 0.2) is 0 Å². The highest BCUT2D eigenvalue weighted by molar-refractivity contribution is 9.10. The molecule has 0 fully saturated rings. The van der Waals surface area contributed by atoms with Crippen molar-refractivity contribution in [2.75, 3.05) is 12.4 Å². The van der Waals surface area contributed by atoms with Crippen LogP contribution in [0.4, 0.5) is 5.69 Å². The van der Waals surface area contributed by atoms with Crippen LogP contribution in [0.2, 0.25) is 0 Å². The van der Waals surface area contributed by atoms with Crippen molar-refractivity contribution in [3.8, 4) is 0 Å². The number of amides is 1. The first-order valence-corrected chi connectivity index (χ1v) is 6.64. The molecule has 0 aliphatic heterocycles. The molecule has 0 saturated carbocycles. The van der Waals surface area contributed by atoms with E-state index in [0.29, 0.717) is 12.2 Å². The largest absolute Gasteiger partial charge is 0.380 e. The zero-order chi connectivity index (χ0) is 13.7. The molecule has 3 nitrogen and oxygen atoms in total. The van der Waals surface area contributed by atoms with Gasteiger partial charge in [-0.05, 0) is 24.3 Å². The molecule has 4 heteroatoms. The van der Waals surface area contributed by atoms with E-state index in [4.69, 9.17) is 4.74 Å². The van der Waals surface area contributed by atoms with E-state index in [9.17, 15) is 4.79 Å². The van der Waals surface area contributed by atoms with Gasteiger partial charge in [-0.1, -0.05) is 40.2 Å². The summed E-state index contributed by atoms with van der Waals surface area (Å²) in [5, 5.41) is 2.90. The number of rotatable bonds is 4. The van der Waals surface area contributed by atoms with Crippen molar-refractivity contribution in [3.05, 3.63) is 64.1 Å². The van der Waals surface area contributed by atoms with Crippen LogP contribution in [-0.2, 0) is 11.3 Å². The number of anilines is 1. The monoisotopic (exact) mass is 319 g/mol. The van der Waals surface area contributed by atoms with Crippen LogP contribution in [0.5, 0.6) is 0 Å². The molecule has 0 aromatic heterocycles. The molecule has 2 aromatic rings. The normalized spacial score (nSPS) is 10.2. The third-order valence-corrected chi connectivity index (χ3v) is 3.15. The lowest BCUT2D eigenvalue weighted by molar-refractivity contribution is 0.102. The summed E-state index contributed by atoms with van der Waals surface area (Å²) in [6.07, 6.45) is 0. The Morgan fingerprint density at radius 3 is 2.74 bits per heavy atom. The summed E-state index contributed by atoms with van der Waals surface area (Å²) in [7, 11) is 1.63. The van der Waals surface area contributed by atoms with Gasteiger partial charge in [0.2, 0.25) is 0 Å². The molecule has 0 heterocycles. The number of methoxy groups -OCH3 is 1. The fourth-order valence-electron chi connectivity index (χ4n) is 1.75. The predicted octanol–water partition coefficient (Wildman–Crippen LogP) is 3.85. The lowest BCUT2D eigenvalue weighted by atomic mass is 10.1. The maximum Gasteiger partial charge on any atom is 0.255 e. The number of carbonyl (C=O) groups excluding carboxylic acids is 1. The Morgan fingerprint density at radius 2 is 2.00 bits per heavy atom. The molecule has 2 aromatic carbocycles. The average molecular weight is 320 g/mol. The molecule has 2 rings (SSSR count). The molecule has 0 saturated heterocycles. The van der Waals surface area contributed by atoms with Crippen molar-refractivity contribution < 1.29 is 9.53 Å². The first kappa shape index (κ1) is 13.8. The van der Waals surface area contributed by atoms with Crippen molar-refractivity contribution in [2.24, 2.45) is 0 Å². The van der Waals surface area contributed by atoms with Crippen LogP contribution in [0.25, 0.3) is 0 Å². The lowest BCUT2D eigenvalue weighted by Crippen LogP contribution is -2.13. The van der Waals surface area contributed by atoms with E-state index in [1.54, 1.807) is 19.2 Å². The molecular weight excluding hydrogens is 306 g/mol. The summed E-state index contributed by atoms with van der Waals surface area (Å²) < 4.78 is 6.00. The molecule has 19 heavy (non-hydrogen) atoms. The van der Waals surface area contributed by atoms with E-state index in [1.807, 2.05) is 36.4 Å². The summed E-state index contributed by atoms with van der Waals surface area (Å²) in [6, 6.07) is 14.9. The Labute approximate surface area is 120 Å². The summed E-state index contributed by atoms with van der Waals surface area (Å²) >= 11 is 3.36. The fourth-order valence-corrected chi connectivity index (χ4v) is 2.15. The molecule has 0 spiro atoms. The Kier molecular flexibility index (Phi) is 4.71. The molecule has 1 amide bonds. The SMILES string of the molecule is COCc1ccccc1NC(=O)c1cccc(Br)c1. The van der Waals surface area contributed by atoms with Crippen molar-refractivity contribution >= 4 is 27.5 Å². The first-order valence-electron chi connectivity index (χ1n) is 5.84. The van der Waals surface area contributed by atoms with Crippen molar-refractivity contribution in [3.63, 3.8) is 0 Å². The number of halogens is 1. The van der Waals surface area contributed by atoms with Gasteiger partial charge in [-0.15, -0.1) is 0 Å². The van der Waals surface area contributed by atoms with Crippen LogP contribution in [-0.4, -0.2) is 13.0 Å². The van der Waals surface area contributed by atoms with Crippen LogP contribution >= 0.6 is 15.9 Å². The Morgan fingerprint density at radius 1 is 1.21 bits per heavy atom. The Bertz CT molecular complexity index is 584. The van der Waals surface area contributed by atoms with Gasteiger partial charge in [-0.2, -0.15) is 0 Å². The summed E-state index contributed by atoms with van der Waals surface area (Å²) in [4.78, 5) is 12.2. The molecule has 0 radical (unpaired) electrons. The zero-order valence-corrected chi connectivity index (χ0v) is 12.1. The van der Waals surface area contributed by atoms with Crippen LogP contribution in [0, 0.1) is 0 Å². The number of hydrogen-bond acceptors (Lipinski definition) is 2. The van der Waals surface area contributed by atoms with E-state index in [2.05, 4.69) is 21.2 Å². The molecule has 1 N–H and O–H groups in total. The van der Waals surface area contributed by atoms with E-state index < -0.39 is 0 Å². The number of para-hydroxylation sites is 1. The minimum atomic E-state index is -0.134. The minimum Gasteiger partial charge on any atom is -0.380 e. The number of carbonyl (C=O) groups is 1. The van der Waals surface area contributed by atoms with E-state index in [-0.39, 0.29) is 5.91 Å². The van der Waals surface area contributed by atoms with Gasteiger partial charge in [0.1, 0.15) is 0 Å². The van der Waals surface area contributed by atoms with Crippen LogP contribution < -0.4 is 5.32 Å². The quantitative estimate of drug-likeness (QED) is 0.929. The van der Waals surface area contributed by atoms with Gasteiger partial charge in [-0.3, -0.25) is 4.79 Å². The number of hydrogen-bond donors (Lipinski definition) is 1. The number of benzene rings is 2. The highest BCUT2D eigenvalue weighted by Gasteiger charge is 2.08. The van der Waals surface area contributed by atoms with E-state index in [0.717, 1.165) is 15.7 Å². The second kappa shape index (κ2) is 6.50. The van der Waals surface area contributed by atoms with Gasteiger partial charge in [-0.25, -0.2) is 0 Å². The van der Waals surface area contributed by atoms with Crippen molar-refractivity contribution in [1.82, 2.24) is 0 Å². The molecule has 0 bridgehead atoms. The topological polar surface area (TPSA) is 38.3 Å². The third kappa shape index (κ3) is 3.66. The highest BCUT2D eigenvalue weighted by atomic mass is 79.9. The predicted molar refractivity (Wildman–Crippen MR) is 79.3 cm³/mol. The third-order valence-electron chi connectivity index (χ3n) is 2.65. The maximum atomic E-state index is 12.2. The molecule has 98 valence electrons. The molecule has 0 atom stereocenters. The first-order chi connectivity index (χ1) is 9.20. The van der Waals surface area contributed by atoms with Crippen LogP contribution in [0.15, 0.2) is 53.0 Å². The summed E-state index contributed by atoms with van der Waals surface area (Å²) in [5.41, 5.74) is 2.34. The number of nitrogens with one attached hydrogen (secondary N) is 1. The van der Waals surface area contributed by atoms with Crippen LogP contribution in [0.1, 0.15) is 15.9 Å². The minimum absolute atomic E-state index is 0.134. The Hall–Kier alpha value is -1.65. The van der Waals surface area contributed by atoms with Crippen LogP contribution in [0.3, 0.4) is 0 Å². The van der Waals surface area contributed by atoms with E-state index in [1.165, 1.54) is 0 Å².